The van der Waals surface area contributed by atoms with E-state index >= 15 is 0 Å². The van der Waals surface area contributed by atoms with Crippen molar-refractivity contribution in [2.75, 3.05) is 5.32 Å². The average Bonchev–Trinajstić information content (AvgIpc) is 2.46. The van der Waals surface area contributed by atoms with Gasteiger partial charge in [0.1, 0.15) is 10.6 Å². The Morgan fingerprint density at radius 2 is 1.71 bits per heavy atom. The van der Waals surface area contributed by atoms with Crippen LogP contribution in [0.2, 0.25) is 0 Å². The largest absolute Gasteiger partial charge is 0.379 e. The zero-order valence-electron chi connectivity index (χ0n) is 14.2. The first-order valence-corrected chi connectivity index (χ1v) is 9.02. The maximum atomic E-state index is 12.4. The highest BCUT2D eigenvalue weighted by atomic mass is 32.2. The van der Waals surface area contributed by atoms with Crippen LogP contribution in [0.25, 0.3) is 0 Å². The van der Waals surface area contributed by atoms with E-state index in [4.69, 9.17) is 4.18 Å². The highest BCUT2D eigenvalue weighted by molar-refractivity contribution is 7.87. The summed E-state index contributed by atoms with van der Waals surface area (Å²) in [6.07, 6.45) is 0. The van der Waals surface area contributed by atoms with E-state index in [1.54, 1.807) is 12.1 Å². The van der Waals surface area contributed by atoms with Crippen LogP contribution in [0.3, 0.4) is 0 Å². The minimum absolute atomic E-state index is 0.0298. The Labute approximate surface area is 142 Å². The fraction of sp³-hybridized carbons (Fsp3) is 0.278. The predicted octanol–water partition coefficient (Wildman–Crippen LogP) is 3.84. The van der Waals surface area contributed by atoms with Gasteiger partial charge in [-0.15, -0.1) is 0 Å². The fourth-order valence-corrected chi connectivity index (χ4v) is 3.35. The minimum atomic E-state index is -3.92. The van der Waals surface area contributed by atoms with Crippen molar-refractivity contribution in [3.8, 4) is 5.75 Å². The van der Waals surface area contributed by atoms with Gasteiger partial charge in [-0.05, 0) is 60.4 Å². The van der Waals surface area contributed by atoms with Crippen LogP contribution in [0, 0.1) is 6.92 Å². The van der Waals surface area contributed by atoms with Gasteiger partial charge in [-0.1, -0.05) is 19.9 Å². The van der Waals surface area contributed by atoms with Crippen LogP contribution in [0.15, 0.2) is 47.4 Å². The molecule has 0 unspecified atom stereocenters. The summed E-state index contributed by atoms with van der Waals surface area (Å²) < 4.78 is 29.9. The van der Waals surface area contributed by atoms with Crippen molar-refractivity contribution < 1.29 is 17.4 Å². The highest BCUT2D eigenvalue weighted by Crippen LogP contribution is 2.26. The molecule has 0 fully saturated rings. The van der Waals surface area contributed by atoms with Gasteiger partial charge in [-0.2, -0.15) is 8.42 Å². The van der Waals surface area contributed by atoms with Crippen LogP contribution in [0.4, 0.5) is 5.69 Å². The van der Waals surface area contributed by atoms with E-state index in [2.05, 4.69) is 19.2 Å². The Kier molecular flexibility index (Phi) is 5.29. The Balaban J connectivity index is 2.22. The molecule has 0 aliphatic heterocycles. The number of hydrogen-bond donors (Lipinski definition) is 1. The van der Waals surface area contributed by atoms with Crippen molar-refractivity contribution in [3.05, 3.63) is 53.6 Å². The number of nitrogens with one attached hydrogen (secondary N) is 1. The molecule has 2 aromatic rings. The molecule has 0 radical (unpaired) electrons. The number of carbonyl (C=O) groups is 1. The summed E-state index contributed by atoms with van der Waals surface area (Å²) in [5, 5.41) is 2.58. The van der Waals surface area contributed by atoms with Crippen molar-refractivity contribution >= 4 is 21.7 Å². The molecular formula is C18H21NO4S. The molecule has 0 saturated carbocycles. The lowest BCUT2D eigenvalue weighted by Crippen LogP contribution is -2.11. The van der Waals surface area contributed by atoms with Crippen molar-refractivity contribution in [1.82, 2.24) is 0 Å². The quantitative estimate of drug-likeness (QED) is 0.834. The summed E-state index contributed by atoms with van der Waals surface area (Å²) in [5.74, 6) is 0.419. The molecule has 2 aromatic carbocycles. The van der Waals surface area contributed by atoms with E-state index in [1.165, 1.54) is 31.2 Å². The Hall–Kier alpha value is -2.34. The zero-order valence-corrected chi connectivity index (χ0v) is 15.0. The maximum Gasteiger partial charge on any atom is 0.339 e. The lowest BCUT2D eigenvalue weighted by atomic mass is 9.98. The maximum absolute atomic E-state index is 12.4. The van der Waals surface area contributed by atoms with Crippen molar-refractivity contribution in [3.63, 3.8) is 0 Å². The van der Waals surface area contributed by atoms with E-state index in [0.29, 0.717) is 11.6 Å². The second-order valence-electron chi connectivity index (χ2n) is 5.92. The minimum Gasteiger partial charge on any atom is -0.379 e. The number of hydrogen-bond acceptors (Lipinski definition) is 4. The number of aryl methyl sites for hydroxylation is 1. The van der Waals surface area contributed by atoms with Crippen LogP contribution in [0.5, 0.6) is 5.75 Å². The van der Waals surface area contributed by atoms with Crippen molar-refractivity contribution in [2.24, 2.45) is 0 Å². The molecule has 0 spiro atoms. The second kappa shape index (κ2) is 7.05. The first-order valence-electron chi connectivity index (χ1n) is 7.62. The summed E-state index contributed by atoms with van der Waals surface area (Å²) >= 11 is 0. The van der Waals surface area contributed by atoms with Crippen LogP contribution < -0.4 is 9.50 Å². The lowest BCUT2D eigenvalue weighted by Gasteiger charge is -2.12. The Morgan fingerprint density at radius 3 is 2.21 bits per heavy atom. The summed E-state index contributed by atoms with van der Waals surface area (Å²) in [6.45, 7) is 7.47. The molecule has 24 heavy (non-hydrogen) atoms. The van der Waals surface area contributed by atoms with Crippen molar-refractivity contribution in [2.45, 2.75) is 38.5 Å². The first kappa shape index (κ1) is 18.0. The molecule has 2 rings (SSSR count). The highest BCUT2D eigenvalue weighted by Gasteiger charge is 2.17. The smallest absolute Gasteiger partial charge is 0.339 e. The van der Waals surface area contributed by atoms with Gasteiger partial charge in [-0.3, -0.25) is 4.79 Å². The third-order valence-corrected chi connectivity index (χ3v) is 4.79. The topological polar surface area (TPSA) is 72.5 Å². The van der Waals surface area contributed by atoms with E-state index in [-0.39, 0.29) is 16.6 Å². The molecule has 0 aliphatic rings. The number of anilines is 1. The molecular weight excluding hydrogens is 326 g/mol. The van der Waals surface area contributed by atoms with Gasteiger partial charge in [0.25, 0.3) is 0 Å². The lowest BCUT2D eigenvalue weighted by molar-refractivity contribution is -0.114. The molecule has 0 atom stereocenters. The standard InChI is InChI=1S/C18H21NO4S/c1-12(2)18-10-7-16(11-13(18)3)23-24(21,22)17-8-5-15(6-9-17)19-14(4)20/h5-12H,1-4H3,(H,19,20). The van der Waals surface area contributed by atoms with Crippen LogP contribution >= 0.6 is 0 Å². The van der Waals surface area contributed by atoms with Crippen molar-refractivity contribution in [1.29, 1.82) is 0 Å². The van der Waals surface area contributed by atoms with Crippen LogP contribution in [0.1, 0.15) is 37.8 Å². The van der Waals surface area contributed by atoms with Gasteiger partial charge in [0.15, 0.2) is 0 Å². The Bertz CT molecular complexity index is 840. The molecule has 5 nitrogen and oxygen atoms in total. The number of amides is 1. The number of rotatable bonds is 5. The SMILES string of the molecule is CC(=O)Nc1ccc(S(=O)(=O)Oc2ccc(C(C)C)c(C)c2)cc1. The normalized spacial score (nSPS) is 11.4. The average molecular weight is 347 g/mol. The van der Waals surface area contributed by atoms with Crippen LogP contribution in [-0.4, -0.2) is 14.3 Å². The van der Waals surface area contributed by atoms with Gasteiger partial charge < -0.3 is 9.50 Å². The third-order valence-electron chi connectivity index (χ3n) is 3.53. The van der Waals surface area contributed by atoms with Gasteiger partial charge in [0.05, 0.1) is 0 Å². The molecule has 0 saturated heterocycles. The van der Waals surface area contributed by atoms with Gasteiger partial charge in [-0.25, -0.2) is 0 Å². The molecule has 1 amide bonds. The monoisotopic (exact) mass is 347 g/mol. The van der Waals surface area contributed by atoms with E-state index < -0.39 is 10.1 Å². The third kappa shape index (κ3) is 4.35. The first-order chi connectivity index (χ1) is 11.2. The van der Waals surface area contributed by atoms with Gasteiger partial charge in [0.2, 0.25) is 5.91 Å². The van der Waals surface area contributed by atoms with Crippen LogP contribution in [-0.2, 0) is 14.9 Å². The second-order valence-corrected chi connectivity index (χ2v) is 7.46. The number of carbonyl (C=O) groups excluding carboxylic acids is 1. The summed E-state index contributed by atoms with van der Waals surface area (Å²) in [4.78, 5) is 11.0. The molecule has 0 heterocycles. The molecule has 128 valence electrons. The number of benzene rings is 2. The molecule has 1 N–H and O–H groups in total. The molecule has 0 aromatic heterocycles. The van der Waals surface area contributed by atoms with E-state index in [0.717, 1.165) is 11.1 Å². The summed E-state index contributed by atoms with van der Waals surface area (Å²) in [7, 11) is -3.92. The van der Waals surface area contributed by atoms with E-state index in [9.17, 15) is 13.2 Å². The van der Waals surface area contributed by atoms with Gasteiger partial charge in [0, 0.05) is 12.6 Å². The van der Waals surface area contributed by atoms with E-state index in [1.807, 2.05) is 13.0 Å². The fourth-order valence-electron chi connectivity index (χ4n) is 2.43. The molecule has 0 bridgehead atoms. The zero-order chi connectivity index (χ0) is 17.9. The molecule has 0 aliphatic carbocycles. The predicted molar refractivity (Wildman–Crippen MR) is 93.8 cm³/mol. The Morgan fingerprint density at radius 1 is 1.08 bits per heavy atom. The van der Waals surface area contributed by atoms with Gasteiger partial charge >= 0.3 is 10.1 Å². The summed E-state index contributed by atoms with van der Waals surface area (Å²) in [6, 6.07) is 11.1. The summed E-state index contributed by atoms with van der Waals surface area (Å²) in [5.41, 5.74) is 2.66. The molecule has 6 heteroatoms.